The Labute approximate surface area is 104 Å². The van der Waals surface area contributed by atoms with Crippen molar-refractivity contribution in [3.05, 3.63) is 24.0 Å². The van der Waals surface area contributed by atoms with Crippen LogP contribution in [0.3, 0.4) is 0 Å². The molecule has 0 saturated carbocycles. The second kappa shape index (κ2) is 6.60. The van der Waals surface area contributed by atoms with Crippen LogP contribution in [0.25, 0.3) is 0 Å². The van der Waals surface area contributed by atoms with Gasteiger partial charge in [0.25, 0.3) is 0 Å². The first-order valence-electron chi connectivity index (χ1n) is 6.73. The van der Waals surface area contributed by atoms with Gasteiger partial charge in [0, 0.05) is 30.7 Å². The lowest BCUT2D eigenvalue weighted by molar-refractivity contribution is 0.296. The molecule has 17 heavy (non-hydrogen) atoms. The minimum Gasteiger partial charge on any atom is -0.384 e. The van der Waals surface area contributed by atoms with Gasteiger partial charge in [-0.3, -0.25) is 4.98 Å². The average molecular weight is 233 g/mol. The number of nitrogens with zero attached hydrogens (tertiary/aromatic N) is 2. The van der Waals surface area contributed by atoms with E-state index >= 15 is 0 Å². The minimum atomic E-state index is 1.03. The monoisotopic (exact) mass is 233 g/mol. The number of aryl methyl sites for hydroxylation is 1. The maximum Gasteiger partial charge on any atom is 0.0393 e. The maximum atomic E-state index is 4.20. The van der Waals surface area contributed by atoms with Crippen LogP contribution in [-0.2, 0) is 0 Å². The highest BCUT2D eigenvalue weighted by molar-refractivity contribution is 5.42. The largest absolute Gasteiger partial charge is 0.384 e. The molecule has 0 aromatic carbocycles. The van der Waals surface area contributed by atoms with E-state index in [9.17, 15) is 0 Å². The predicted octanol–water partition coefficient (Wildman–Crippen LogP) is 2.68. The molecule has 2 rings (SSSR count). The lowest BCUT2D eigenvalue weighted by Crippen LogP contribution is -2.29. The van der Waals surface area contributed by atoms with Gasteiger partial charge in [0.15, 0.2) is 0 Å². The Morgan fingerprint density at radius 2 is 2.00 bits per heavy atom. The fraction of sp³-hybridized carbons (Fsp3) is 0.643. The van der Waals surface area contributed by atoms with E-state index < -0.39 is 0 Å². The molecule has 0 radical (unpaired) electrons. The van der Waals surface area contributed by atoms with E-state index in [1.807, 2.05) is 19.2 Å². The molecular weight excluding hydrogens is 210 g/mol. The van der Waals surface area contributed by atoms with Crippen LogP contribution in [-0.4, -0.2) is 36.1 Å². The number of pyridine rings is 1. The molecule has 1 aromatic rings. The van der Waals surface area contributed by atoms with Gasteiger partial charge >= 0.3 is 0 Å². The van der Waals surface area contributed by atoms with Gasteiger partial charge in [-0.05, 0) is 45.0 Å². The third-order valence-electron chi connectivity index (χ3n) is 3.35. The zero-order chi connectivity index (χ0) is 11.9. The van der Waals surface area contributed by atoms with Gasteiger partial charge in [-0.15, -0.1) is 0 Å². The summed E-state index contributed by atoms with van der Waals surface area (Å²) in [4.78, 5) is 6.78. The van der Waals surface area contributed by atoms with Crippen molar-refractivity contribution in [3.8, 4) is 0 Å². The summed E-state index contributed by atoms with van der Waals surface area (Å²) in [5, 5.41) is 3.47. The summed E-state index contributed by atoms with van der Waals surface area (Å²) in [6.07, 6.45) is 7.42. The summed E-state index contributed by atoms with van der Waals surface area (Å²) in [5.41, 5.74) is 2.26. The molecule has 0 bridgehead atoms. The van der Waals surface area contributed by atoms with E-state index in [1.54, 1.807) is 0 Å². The average Bonchev–Trinajstić information content (AvgIpc) is 2.58. The van der Waals surface area contributed by atoms with Gasteiger partial charge in [0.05, 0.1) is 0 Å². The fourth-order valence-electron chi connectivity index (χ4n) is 2.37. The van der Waals surface area contributed by atoms with Crippen LogP contribution >= 0.6 is 0 Å². The van der Waals surface area contributed by atoms with Crippen LogP contribution in [0.5, 0.6) is 0 Å². The normalized spacial score (nSPS) is 17.7. The Morgan fingerprint density at radius 1 is 1.24 bits per heavy atom. The maximum absolute atomic E-state index is 4.20. The standard InChI is InChI=1S/C14H23N3/c1-13-12-14(6-7-15-13)16-8-11-17-9-4-2-3-5-10-17/h6-7,12H,2-5,8-11H2,1H3,(H,15,16). The molecular formula is C14H23N3. The van der Waals surface area contributed by atoms with E-state index in [4.69, 9.17) is 0 Å². The van der Waals surface area contributed by atoms with Crippen molar-refractivity contribution >= 4 is 5.69 Å². The first-order chi connectivity index (χ1) is 8.34. The van der Waals surface area contributed by atoms with E-state index in [-0.39, 0.29) is 0 Å². The number of anilines is 1. The zero-order valence-corrected chi connectivity index (χ0v) is 10.8. The highest BCUT2D eigenvalue weighted by Crippen LogP contribution is 2.10. The summed E-state index contributed by atoms with van der Waals surface area (Å²) >= 11 is 0. The summed E-state index contributed by atoms with van der Waals surface area (Å²) in [6, 6.07) is 4.14. The Hall–Kier alpha value is -1.09. The molecule has 0 atom stereocenters. The van der Waals surface area contributed by atoms with Crippen LogP contribution in [0.2, 0.25) is 0 Å². The van der Waals surface area contributed by atoms with Gasteiger partial charge in [-0.25, -0.2) is 0 Å². The van der Waals surface area contributed by atoms with Crippen LogP contribution in [0.1, 0.15) is 31.4 Å². The molecule has 1 saturated heterocycles. The Balaban J connectivity index is 1.71. The quantitative estimate of drug-likeness (QED) is 0.866. The Bertz CT molecular complexity index is 330. The van der Waals surface area contributed by atoms with Crippen molar-refractivity contribution < 1.29 is 0 Å². The van der Waals surface area contributed by atoms with Crippen molar-refractivity contribution in [1.82, 2.24) is 9.88 Å². The van der Waals surface area contributed by atoms with Crippen LogP contribution in [0, 0.1) is 6.92 Å². The minimum absolute atomic E-state index is 1.03. The molecule has 0 spiro atoms. The molecule has 1 aromatic heterocycles. The van der Waals surface area contributed by atoms with Crippen LogP contribution in [0.15, 0.2) is 18.3 Å². The predicted molar refractivity (Wildman–Crippen MR) is 72.4 cm³/mol. The molecule has 1 N–H and O–H groups in total. The number of hydrogen-bond acceptors (Lipinski definition) is 3. The first-order valence-corrected chi connectivity index (χ1v) is 6.73. The van der Waals surface area contributed by atoms with E-state index in [2.05, 4.69) is 21.3 Å². The molecule has 3 nitrogen and oxygen atoms in total. The third-order valence-corrected chi connectivity index (χ3v) is 3.35. The van der Waals surface area contributed by atoms with Crippen molar-refractivity contribution in [2.24, 2.45) is 0 Å². The van der Waals surface area contributed by atoms with Crippen molar-refractivity contribution in [1.29, 1.82) is 0 Å². The lowest BCUT2D eigenvalue weighted by Gasteiger charge is -2.20. The van der Waals surface area contributed by atoms with Crippen molar-refractivity contribution in [3.63, 3.8) is 0 Å². The molecule has 0 unspecified atom stereocenters. The Kier molecular flexibility index (Phi) is 4.80. The lowest BCUT2D eigenvalue weighted by atomic mass is 10.2. The molecule has 94 valence electrons. The Morgan fingerprint density at radius 3 is 2.71 bits per heavy atom. The molecule has 1 aliphatic rings. The highest BCUT2D eigenvalue weighted by Gasteiger charge is 2.07. The second-order valence-corrected chi connectivity index (χ2v) is 4.87. The molecule has 0 aliphatic carbocycles. The van der Waals surface area contributed by atoms with Gasteiger partial charge in [-0.2, -0.15) is 0 Å². The number of rotatable bonds is 4. The number of aromatic nitrogens is 1. The smallest absolute Gasteiger partial charge is 0.0393 e. The van der Waals surface area contributed by atoms with Crippen LogP contribution < -0.4 is 5.32 Å². The molecule has 1 aliphatic heterocycles. The van der Waals surface area contributed by atoms with Gasteiger partial charge < -0.3 is 10.2 Å². The number of likely N-dealkylation sites (tertiary alicyclic amines) is 1. The highest BCUT2D eigenvalue weighted by atomic mass is 15.1. The number of nitrogens with one attached hydrogen (secondary N) is 1. The van der Waals surface area contributed by atoms with Gasteiger partial charge in [0.1, 0.15) is 0 Å². The summed E-state index contributed by atoms with van der Waals surface area (Å²) < 4.78 is 0. The number of hydrogen-bond donors (Lipinski definition) is 1. The van der Waals surface area contributed by atoms with Gasteiger partial charge in [0.2, 0.25) is 0 Å². The summed E-state index contributed by atoms with van der Waals surface area (Å²) in [6.45, 7) is 6.76. The summed E-state index contributed by atoms with van der Waals surface area (Å²) in [7, 11) is 0. The zero-order valence-electron chi connectivity index (χ0n) is 10.8. The SMILES string of the molecule is Cc1cc(NCCN2CCCCCC2)ccn1. The topological polar surface area (TPSA) is 28.2 Å². The van der Waals surface area contributed by atoms with Crippen LogP contribution in [0.4, 0.5) is 5.69 Å². The van der Waals surface area contributed by atoms with E-state index in [0.29, 0.717) is 0 Å². The molecule has 0 amide bonds. The van der Waals surface area contributed by atoms with E-state index in [0.717, 1.165) is 18.8 Å². The van der Waals surface area contributed by atoms with Gasteiger partial charge in [-0.1, -0.05) is 12.8 Å². The fourth-order valence-corrected chi connectivity index (χ4v) is 2.37. The molecule has 2 heterocycles. The third kappa shape index (κ3) is 4.35. The van der Waals surface area contributed by atoms with E-state index in [1.165, 1.54) is 44.5 Å². The molecule has 1 fully saturated rings. The van der Waals surface area contributed by atoms with Crippen molar-refractivity contribution in [2.75, 3.05) is 31.5 Å². The first kappa shape index (κ1) is 12.4. The second-order valence-electron chi connectivity index (χ2n) is 4.87. The summed E-state index contributed by atoms with van der Waals surface area (Å²) in [5.74, 6) is 0. The van der Waals surface area contributed by atoms with Crippen molar-refractivity contribution in [2.45, 2.75) is 32.6 Å². The molecule has 3 heteroatoms.